The Morgan fingerprint density at radius 1 is 0.821 bits per heavy atom. The van der Waals surface area contributed by atoms with Crippen molar-refractivity contribution < 1.29 is 14.3 Å². The largest absolute Gasteiger partial charge is 0.497 e. The Bertz CT molecular complexity index is 1110. The SMILES string of the molecule is COc1ccc(NC(=O)n2c(-c3ccc(OC)cc3)cc3ccccc32)cc1. The van der Waals surface area contributed by atoms with Gasteiger partial charge in [-0.25, -0.2) is 4.79 Å². The summed E-state index contributed by atoms with van der Waals surface area (Å²) in [6.45, 7) is 0. The molecule has 0 saturated carbocycles. The number of carbonyl (C=O) groups is 1. The maximum atomic E-state index is 13.2. The topological polar surface area (TPSA) is 52.5 Å². The fraction of sp³-hybridized carbons (Fsp3) is 0.0870. The molecule has 28 heavy (non-hydrogen) atoms. The lowest BCUT2D eigenvalue weighted by atomic mass is 10.1. The summed E-state index contributed by atoms with van der Waals surface area (Å²) in [5.41, 5.74) is 3.29. The minimum absolute atomic E-state index is 0.225. The zero-order valence-corrected chi connectivity index (χ0v) is 15.7. The lowest BCUT2D eigenvalue weighted by Gasteiger charge is -2.12. The molecule has 5 nitrogen and oxygen atoms in total. The first-order valence-electron chi connectivity index (χ1n) is 8.90. The zero-order valence-electron chi connectivity index (χ0n) is 15.7. The van der Waals surface area contributed by atoms with Crippen molar-refractivity contribution in [2.24, 2.45) is 0 Å². The van der Waals surface area contributed by atoms with Gasteiger partial charge < -0.3 is 14.8 Å². The van der Waals surface area contributed by atoms with Crippen LogP contribution in [0, 0.1) is 0 Å². The number of fused-ring (bicyclic) bond motifs is 1. The number of hydrogen-bond donors (Lipinski definition) is 1. The van der Waals surface area contributed by atoms with E-state index < -0.39 is 0 Å². The van der Waals surface area contributed by atoms with Crippen molar-refractivity contribution in [1.82, 2.24) is 4.57 Å². The van der Waals surface area contributed by atoms with Gasteiger partial charge in [-0.05, 0) is 66.2 Å². The van der Waals surface area contributed by atoms with Crippen molar-refractivity contribution in [3.63, 3.8) is 0 Å². The van der Waals surface area contributed by atoms with Gasteiger partial charge in [0, 0.05) is 11.1 Å². The monoisotopic (exact) mass is 372 g/mol. The molecule has 0 bridgehead atoms. The second-order valence-electron chi connectivity index (χ2n) is 6.31. The average Bonchev–Trinajstić information content (AvgIpc) is 3.14. The van der Waals surface area contributed by atoms with Crippen LogP contribution in [0.15, 0.2) is 78.9 Å². The van der Waals surface area contributed by atoms with E-state index in [0.717, 1.165) is 33.7 Å². The first-order chi connectivity index (χ1) is 13.7. The smallest absolute Gasteiger partial charge is 0.330 e. The van der Waals surface area contributed by atoms with E-state index in [1.165, 1.54) is 0 Å². The summed E-state index contributed by atoms with van der Waals surface area (Å²) < 4.78 is 12.1. The minimum atomic E-state index is -0.225. The van der Waals surface area contributed by atoms with Gasteiger partial charge in [0.05, 0.1) is 25.4 Å². The van der Waals surface area contributed by atoms with Crippen LogP contribution in [0.2, 0.25) is 0 Å². The number of anilines is 1. The number of para-hydroxylation sites is 1. The van der Waals surface area contributed by atoms with Crippen LogP contribution < -0.4 is 14.8 Å². The van der Waals surface area contributed by atoms with Gasteiger partial charge in [-0.2, -0.15) is 0 Å². The summed E-state index contributed by atoms with van der Waals surface area (Å²) in [6, 6.07) is 24.6. The van der Waals surface area contributed by atoms with Gasteiger partial charge in [0.25, 0.3) is 0 Å². The third-order valence-corrected chi connectivity index (χ3v) is 4.64. The Morgan fingerprint density at radius 3 is 2.07 bits per heavy atom. The number of hydrogen-bond acceptors (Lipinski definition) is 3. The van der Waals surface area contributed by atoms with Gasteiger partial charge in [0.15, 0.2) is 0 Å². The molecule has 0 radical (unpaired) electrons. The van der Waals surface area contributed by atoms with Crippen LogP contribution in [0.4, 0.5) is 10.5 Å². The van der Waals surface area contributed by atoms with Crippen molar-refractivity contribution in [3.8, 4) is 22.8 Å². The molecule has 1 amide bonds. The predicted molar refractivity (Wildman–Crippen MR) is 111 cm³/mol. The van der Waals surface area contributed by atoms with E-state index in [2.05, 4.69) is 5.32 Å². The van der Waals surface area contributed by atoms with Crippen molar-refractivity contribution in [2.45, 2.75) is 0 Å². The number of nitrogens with one attached hydrogen (secondary N) is 1. The predicted octanol–water partition coefficient (Wildman–Crippen LogP) is 5.41. The molecule has 4 rings (SSSR count). The lowest BCUT2D eigenvalue weighted by molar-refractivity contribution is 0.254. The van der Waals surface area contributed by atoms with Gasteiger partial charge in [-0.1, -0.05) is 18.2 Å². The number of aromatic nitrogens is 1. The van der Waals surface area contributed by atoms with E-state index in [1.54, 1.807) is 18.8 Å². The molecule has 5 heteroatoms. The maximum Gasteiger partial charge on any atom is 0.330 e. The maximum absolute atomic E-state index is 13.2. The molecule has 0 unspecified atom stereocenters. The van der Waals surface area contributed by atoms with Crippen molar-refractivity contribution in [3.05, 3.63) is 78.9 Å². The number of ether oxygens (including phenoxy) is 2. The normalized spacial score (nSPS) is 10.6. The van der Waals surface area contributed by atoms with Crippen LogP contribution in [-0.2, 0) is 0 Å². The molecule has 0 atom stereocenters. The van der Waals surface area contributed by atoms with E-state index in [1.807, 2.05) is 78.9 Å². The lowest BCUT2D eigenvalue weighted by Crippen LogP contribution is -2.20. The molecule has 4 aromatic rings. The molecular formula is C23H20N2O3. The highest BCUT2D eigenvalue weighted by molar-refractivity contribution is 6.03. The van der Waals surface area contributed by atoms with Crippen LogP contribution in [0.1, 0.15) is 0 Å². The van der Waals surface area contributed by atoms with Crippen molar-refractivity contribution >= 4 is 22.6 Å². The first-order valence-corrected chi connectivity index (χ1v) is 8.90. The molecule has 0 fully saturated rings. The second-order valence-corrected chi connectivity index (χ2v) is 6.31. The molecule has 1 N–H and O–H groups in total. The van der Waals surface area contributed by atoms with Gasteiger partial charge in [-0.15, -0.1) is 0 Å². The summed E-state index contributed by atoms with van der Waals surface area (Å²) in [6.07, 6.45) is 0. The van der Waals surface area contributed by atoms with Gasteiger partial charge in [-0.3, -0.25) is 4.57 Å². The van der Waals surface area contributed by atoms with Gasteiger partial charge >= 0.3 is 6.03 Å². The number of nitrogens with zero attached hydrogens (tertiary/aromatic N) is 1. The van der Waals surface area contributed by atoms with Crippen LogP contribution in [0.5, 0.6) is 11.5 Å². The van der Waals surface area contributed by atoms with Gasteiger partial charge in [0.1, 0.15) is 11.5 Å². The molecule has 140 valence electrons. The molecule has 1 heterocycles. The Hall–Kier alpha value is -3.73. The summed E-state index contributed by atoms with van der Waals surface area (Å²) in [4.78, 5) is 13.2. The summed E-state index contributed by atoms with van der Waals surface area (Å²) >= 11 is 0. The standard InChI is InChI=1S/C23H20N2O3/c1-27-19-11-7-16(8-12-19)22-15-17-5-3-4-6-21(17)25(22)23(26)24-18-9-13-20(28-2)14-10-18/h3-15H,1-2H3,(H,24,26). The summed E-state index contributed by atoms with van der Waals surface area (Å²) in [5, 5.41) is 3.96. The molecule has 0 spiro atoms. The Labute approximate surface area is 163 Å². The van der Waals surface area contributed by atoms with E-state index in [0.29, 0.717) is 5.69 Å². The van der Waals surface area contributed by atoms with Gasteiger partial charge in [0.2, 0.25) is 0 Å². The number of carbonyl (C=O) groups excluding carboxylic acids is 1. The average molecular weight is 372 g/mol. The molecule has 0 aliphatic heterocycles. The number of benzene rings is 3. The van der Waals surface area contributed by atoms with Crippen LogP contribution in [-0.4, -0.2) is 24.8 Å². The Morgan fingerprint density at radius 2 is 1.43 bits per heavy atom. The fourth-order valence-electron chi connectivity index (χ4n) is 3.20. The molecular weight excluding hydrogens is 352 g/mol. The van der Waals surface area contributed by atoms with Crippen LogP contribution >= 0.6 is 0 Å². The second kappa shape index (κ2) is 7.48. The fourth-order valence-corrected chi connectivity index (χ4v) is 3.20. The van der Waals surface area contributed by atoms with Crippen molar-refractivity contribution in [2.75, 3.05) is 19.5 Å². The first kappa shape index (κ1) is 17.7. The molecule has 0 aliphatic rings. The third-order valence-electron chi connectivity index (χ3n) is 4.64. The zero-order chi connectivity index (χ0) is 19.5. The highest BCUT2D eigenvalue weighted by atomic mass is 16.5. The van der Waals surface area contributed by atoms with E-state index >= 15 is 0 Å². The quantitative estimate of drug-likeness (QED) is 0.521. The Kier molecular flexibility index (Phi) is 4.72. The third kappa shape index (κ3) is 3.30. The highest BCUT2D eigenvalue weighted by Crippen LogP contribution is 2.30. The highest BCUT2D eigenvalue weighted by Gasteiger charge is 2.16. The van der Waals surface area contributed by atoms with Crippen molar-refractivity contribution in [1.29, 1.82) is 0 Å². The molecule has 0 aliphatic carbocycles. The summed E-state index contributed by atoms with van der Waals surface area (Å²) in [7, 11) is 3.25. The number of amides is 1. The van der Waals surface area contributed by atoms with Crippen LogP contribution in [0.25, 0.3) is 22.2 Å². The number of rotatable bonds is 4. The molecule has 1 aromatic heterocycles. The van der Waals surface area contributed by atoms with Crippen LogP contribution in [0.3, 0.4) is 0 Å². The van der Waals surface area contributed by atoms with E-state index in [-0.39, 0.29) is 6.03 Å². The Balaban J connectivity index is 1.76. The number of methoxy groups -OCH3 is 2. The molecule has 3 aromatic carbocycles. The van der Waals surface area contributed by atoms with E-state index in [4.69, 9.17) is 9.47 Å². The summed E-state index contributed by atoms with van der Waals surface area (Å²) in [5.74, 6) is 1.51. The minimum Gasteiger partial charge on any atom is -0.497 e. The van der Waals surface area contributed by atoms with E-state index in [9.17, 15) is 4.79 Å². The molecule has 0 saturated heterocycles.